The molecule has 138 valence electrons. The zero-order chi connectivity index (χ0) is 18.8. The molecule has 4 rings (SSSR count). The Morgan fingerprint density at radius 1 is 1.04 bits per heavy atom. The van der Waals surface area contributed by atoms with Gasteiger partial charge in [-0.15, -0.1) is 0 Å². The molecule has 27 heavy (non-hydrogen) atoms. The third-order valence-electron chi connectivity index (χ3n) is 5.01. The summed E-state index contributed by atoms with van der Waals surface area (Å²) in [6.07, 6.45) is 2.10. The van der Waals surface area contributed by atoms with E-state index in [0.29, 0.717) is 0 Å². The molecule has 0 saturated heterocycles. The molecule has 5 heteroatoms. The lowest BCUT2D eigenvalue weighted by Gasteiger charge is -2.15. The van der Waals surface area contributed by atoms with Gasteiger partial charge < -0.3 is 9.88 Å². The van der Waals surface area contributed by atoms with Crippen molar-refractivity contribution in [1.82, 2.24) is 24.6 Å². The van der Waals surface area contributed by atoms with Crippen LogP contribution in [0.25, 0.3) is 16.7 Å². The Morgan fingerprint density at radius 3 is 2.56 bits per heavy atom. The maximum Gasteiger partial charge on any atom is 0.126 e. The van der Waals surface area contributed by atoms with Crippen LogP contribution in [-0.4, -0.2) is 19.3 Å². The summed E-state index contributed by atoms with van der Waals surface area (Å²) < 4.78 is 4.23. The van der Waals surface area contributed by atoms with Crippen molar-refractivity contribution in [3.63, 3.8) is 0 Å². The van der Waals surface area contributed by atoms with Crippen LogP contribution in [0, 0.1) is 6.92 Å². The van der Waals surface area contributed by atoms with Crippen molar-refractivity contribution in [1.29, 1.82) is 0 Å². The summed E-state index contributed by atoms with van der Waals surface area (Å²) in [6, 6.07) is 18.7. The van der Waals surface area contributed by atoms with Crippen molar-refractivity contribution in [3.8, 4) is 5.69 Å². The second kappa shape index (κ2) is 7.37. The molecule has 0 spiro atoms. The summed E-state index contributed by atoms with van der Waals surface area (Å²) in [5.41, 5.74) is 5.56. The lowest BCUT2D eigenvalue weighted by molar-refractivity contribution is 0.521. The van der Waals surface area contributed by atoms with Gasteiger partial charge in [0.25, 0.3) is 0 Å². The number of aromatic nitrogens is 4. The van der Waals surface area contributed by atoms with Gasteiger partial charge in [-0.3, -0.25) is 0 Å². The molecule has 0 aliphatic rings. The van der Waals surface area contributed by atoms with Crippen molar-refractivity contribution in [2.75, 3.05) is 0 Å². The molecular formula is C22H25N5. The van der Waals surface area contributed by atoms with Gasteiger partial charge in [-0.2, -0.15) is 5.10 Å². The minimum atomic E-state index is 0.150. The maximum atomic E-state index is 4.85. The smallest absolute Gasteiger partial charge is 0.126 e. The highest BCUT2D eigenvalue weighted by atomic mass is 15.3. The number of nitrogens with one attached hydrogen (secondary N) is 1. The van der Waals surface area contributed by atoms with Gasteiger partial charge >= 0.3 is 0 Å². The molecule has 1 atom stereocenters. The number of rotatable bonds is 6. The molecule has 4 aromatic rings. The zero-order valence-corrected chi connectivity index (χ0v) is 16.1. The number of hydrogen-bond donors (Lipinski definition) is 1. The van der Waals surface area contributed by atoms with Gasteiger partial charge in [-0.1, -0.05) is 30.3 Å². The first-order valence-electron chi connectivity index (χ1n) is 9.46. The van der Waals surface area contributed by atoms with E-state index in [1.807, 2.05) is 28.9 Å². The summed E-state index contributed by atoms with van der Waals surface area (Å²) in [7, 11) is 0. The molecule has 0 saturated carbocycles. The third kappa shape index (κ3) is 3.38. The van der Waals surface area contributed by atoms with Crippen molar-refractivity contribution in [2.45, 2.75) is 39.9 Å². The van der Waals surface area contributed by atoms with Gasteiger partial charge in [0.2, 0.25) is 0 Å². The molecule has 1 N–H and O–H groups in total. The maximum absolute atomic E-state index is 4.85. The summed E-state index contributed by atoms with van der Waals surface area (Å²) >= 11 is 0. The van der Waals surface area contributed by atoms with Crippen LogP contribution < -0.4 is 5.32 Å². The second-order valence-corrected chi connectivity index (χ2v) is 6.83. The molecule has 2 aromatic carbocycles. The van der Waals surface area contributed by atoms with E-state index in [1.165, 1.54) is 11.1 Å². The van der Waals surface area contributed by atoms with Gasteiger partial charge in [-0.25, -0.2) is 9.67 Å². The van der Waals surface area contributed by atoms with Gasteiger partial charge in [0.15, 0.2) is 0 Å². The fourth-order valence-electron chi connectivity index (χ4n) is 3.49. The largest absolute Gasteiger partial charge is 0.327 e. The fourth-order valence-corrected chi connectivity index (χ4v) is 3.49. The molecule has 0 amide bonds. The first kappa shape index (κ1) is 17.5. The van der Waals surface area contributed by atoms with Gasteiger partial charge in [-0.05, 0) is 45.0 Å². The van der Waals surface area contributed by atoms with Gasteiger partial charge in [0.1, 0.15) is 5.82 Å². The SMILES string of the molecule is CCn1c(C(C)NCc2cn(-c3ccccc3)nc2C)nc2ccccc21. The number of para-hydroxylation sites is 3. The highest BCUT2D eigenvalue weighted by Gasteiger charge is 2.16. The number of hydrogen-bond acceptors (Lipinski definition) is 3. The number of benzene rings is 2. The van der Waals surface area contributed by atoms with Crippen LogP contribution in [-0.2, 0) is 13.1 Å². The molecule has 0 radical (unpaired) electrons. The minimum absolute atomic E-state index is 0.150. The van der Waals surface area contributed by atoms with Crippen LogP contribution in [0.15, 0.2) is 60.8 Å². The molecule has 0 aliphatic heterocycles. The Morgan fingerprint density at radius 2 is 1.78 bits per heavy atom. The normalized spacial score (nSPS) is 12.6. The van der Waals surface area contributed by atoms with Crippen molar-refractivity contribution in [3.05, 3.63) is 77.9 Å². The summed E-state index contributed by atoms with van der Waals surface area (Å²) in [6.45, 7) is 8.06. The van der Waals surface area contributed by atoms with E-state index in [-0.39, 0.29) is 6.04 Å². The van der Waals surface area contributed by atoms with Crippen molar-refractivity contribution in [2.24, 2.45) is 0 Å². The quantitative estimate of drug-likeness (QED) is 0.555. The van der Waals surface area contributed by atoms with Crippen molar-refractivity contribution < 1.29 is 0 Å². The van der Waals surface area contributed by atoms with E-state index in [9.17, 15) is 0 Å². The van der Waals surface area contributed by atoms with Crippen LogP contribution in [0.3, 0.4) is 0 Å². The number of imidazole rings is 1. The number of aryl methyl sites for hydroxylation is 2. The first-order chi connectivity index (χ1) is 13.2. The monoisotopic (exact) mass is 359 g/mol. The topological polar surface area (TPSA) is 47.7 Å². The average molecular weight is 359 g/mol. The molecule has 0 aliphatic carbocycles. The molecule has 2 heterocycles. The Hall–Kier alpha value is -2.92. The Balaban J connectivity index is 1.53. The van der Waals surface area contributed by atoms with Crippen molar-refractivity contribution >= 4 is 11.0 Å². The molecule has 2 aromatic heterocycles. The fraction of sp³-hybridized carbons (Fsp3) is 0.273. The Kier molecular flexibility index (Phi) is 4.77. The van der Waals surface area contributed by atoms with Gasteiger partial charge in [0, 0.05) is 24.8 Å². The van der Waals surface area contributed by atoms with E-state index < -0.39 is 0 Å². The van der Waals surface area contributed by atoms with E-state index in [2.05, 4.69) is 72.3 Å². The highest BCUT2D eigenvalue weighted by molar-refractivity contribution is 5.76. The predicted octanol–water partition coefficient (Wildman–Crippen LogP) is 4.40. The van der Waals surface area contributed by atoms with Crippen LogP contribution in [0.4, 0.5) is 0 Å². The molecule has 1 unspecified atom stereocenters. The van der Waals surface area contributed by atoms with E-state index in [1.54, 1.807) is 0 Å². The Bertz CT molecular complexity index is 1050. The van der Waals surface area contributed by atoms with Gasteiger partial charge in [0.05, 0.1) is 28.5 Å². The summed E-state index contributed by atoms with van der Waals surface area (Å²) in [5, 5.41) is 8.28. The zero-order valence-electron chi connectivity index (χ0n) is 16.1. The summed E-state index contributed by atoms with van der Waals surface area (Å²) in [5.74, 6) is 1.08. The van der Waals surface area contributed by atoms with E-state index >= 15 is 0 Å². The highest BCUT2D eigenvalue weighted by Crippen LogP contribution is 2.21. The standard InChI is InChI=1S/C22H25N5/c1-4-26-21-13-9-8-12-20(21)24-22(26)17(3)23-14-18-15-27(25-16(18)2)19-10-6-5-7-11-19/h5-13,15,17,23H,4,14H2,1-3H3. The first-order valence-corrected chi connectivity index (χ1v) is 9.46. The summed E-state index contributed by atoms with van der Waals surface area (Å²) in [4.78, 5) is 4.85. The predicted molar refractivity (Wildman–Crippen MR) is 109 cm³/mol. The molecule has 0 bridgehead atoms. The van der Waals surface area contributed by atoms with Crippen LogP contribution >= 0.6 is 0 Å². The van der Waals surface area contributed by atoms with Crippen LogP contribution in [0.5, 0.6) is 0 Å². The third-order valence-corrected chi connectivity index (χ3v) is 5.01. The Labute approximate surface area is 159 Å². The molecule has 0 fully saturated rings. The number of nitrogens with zero attached hydrogens (tertiary/aromatic N) is 4. The van der Waals surface area contributed by atoms with Crippen LogP contribution in [0.2, 0.25) is 0 Å². The van der Waals surface area contributed by atoms with E-state index in [4.69, 9.17) is 4.98 Å². The molecule has 5 nitrogen and oxygen atoms in total. The second-order valence-electron chi connectivity index (χ2n) is 6.83. The number of fused-ring (bicyclic) bond motifs is 1. The average Bonchev–Trinajstić information content (AvgIpc) is 3.27. The lowest BCUT2D eigenvalue weighted by Crippen LogP contribution is -2.21. The van der Waals surface area contributed by atoms with E-state index in [0.717, 1.165) is 35.8 Å². The minimum Gasteiger partial charge on any atom is -0.327 e. The molecular weight excluding hydrogens is 334 g/mol. The lowest BCUT2D eigenvalue weighted by atomic mass is 10.2. The van der Waals surface area contributed by atoms with Crippen LogP contribution in [0.1, 0.15) is 37.0 Å².